The molecule has 0 spiro atoms. The maximum atomic E-state index is 11.1. The molecule has 0 unspecified atom stereocenters. The maximum absolute atomic E-state index is 11.1. The second-order valence-electron chi connectivity index (χ2n) is 3.76. The van der Waals surface area contributed by atoms with Crippen molar-refractivity contribution in [2.45, 2.75) is 12.8 Å². The molecule has 2 N–H and O–H groups in total. The molecule has 0 aromatic rings. The highest BCUT2D eigenvalue weighted by molar-refractivity contribution is 5.76. The Morgan fingerprint density at radius 1 is 1.47 bits per heavy atom. The van der Waals surface area contributed by atoms with Crippen LogP contribution in [0.5, 0.6) is 0 Å². The van der Waals surface area contributed by atoms with E-state index in [2.05, 4.69) is 18.5 Å². The zero-order chi connectivity index (χ0) is 12.8. The summed E-state index contributed by atoms with van der Waals surface area (Å²) in [5.41, 5.74) is 3.17. The molecule has 0 aliphatic heterocycles. The predicted molar refractivity (Wildman–Crippen MR) is 62.6 cm³/mol. The lowest BCUT2D eigenvalue weighted by Crippen LogP contribution is -2.30. The molecule has 0 saturated heterocycles. The summed E-state index contributed by atoms with van der Waals surface area (Å²) in [6.45, 7) is 7.13. The maximum Gasteiger partial charge on any atom is 0.407 e. The Bertz CT molecular complexity index is 385. The summed E-state index contributed by atoms with van der Waals surface area (Å²) in [7, 11) is 0. The molecule has 92 valence electrons. The van der Waals surface area contributed by atoms with Crippen molar-refractivity contribution in [1.29, 1.82) is 0 Å². The molecule has 1 aliphatic rings. The van der Waals surface area contributed by atoms with Crippen molar-refractivity contribution in [2.24, 2.45) is 0 Å². The molecule has 0 aromatic carbocycles. The molecule has 1 rings (SSSR count). The Morgan fingerprint density at radius 3 is 2.59 bits per heavy atom. The van der Waals surface area contributed by atoms with Gasteiger partial charge in [-0.2, -0.15) is 0 Å². The summed E-state index contributed by atoms with van der Waals surface area (Å²) in [5, 5.41) is 10.5. The van der Waals surface area contributed by atoms with E-state index in [-0.39, 0.29) is 6.61 Å². The predicted octanol–water partition coefficient (Wildman–Crippen LogP) is 1.63. The quantitative estimate of drug-likeness (QED) is 0.712. The Morgan fingerprint density at radius 2 is 2.12 bits per heavy atom. The van der Waals surface area contributed by atoms with E-state index in [4.69, 9.17) is 9.84 Å². The molecule has 1 amide bonds. The second-order valence-corrected chi connectivity index (χ2v) is 3.76. The largest absolute Gasteiger partial charge is 0.480 e. The van der Waals surface area contributed by atoms with Crippen LogP contribution in [0.1, 0.15) is 12.8 Å². The van der Waals surface area contributed by atoms with Crippen molar-refractivity contribution in [3.05, 3.63) is 36.0 Å². The van der Waals surface area contributed by atoms with E-state index >= 15 is 0 Å². The lowest BCUT2D eigenvalue weighted by molar-refractivity contribution is -0.135. The number of allylic oxidation sites excluding steroid dienone is 2. The number of carboxylic acids is 1. The smallest absolute Gasteiger partial charge is 0.407 e. The van der Waals surface area contributed by atoms with Gasteiger partial charge in [-0.25, -0.2) is 4.79 Å². The van der Waals surface area contributed by atoms with E-state index in [1.165, 1.54) is 0 Å². The van der Waals surface area contributed by atoms with Crippen molar-refractivity contribution in [3.63, 3.8) is 0 Å². The molecule has 1 fully saturated rings. The van der Waals surface area contributed by atoms with Crippen molar-refractivity contribution >= 4 is 12.1 Å². The minimum Gasteiger partial charge on any atom is -0.480 e. The lowest BCUT2D eigenvalue weighted by Gasteiger charge is -2.23. The molecular formula is C12H15NO4. The van der Waals surface area contributed by atoms with Gasteiger partial charge in [-0.3, -0.25) is 4.79 Å². The van der Waals surface area contributed by atoms with Crippen molar-refractivity contribution < 1.29 is 19.4 Å². The van der Waals surface area contributed by atoms with E-state index in [9.17, 15) is 9.59 Å². The van der Waals surface area contributed by atoms with Crippen molar-refractivity contribution in [1.82, 2.24) is 5.32 Å². The number of hydrogen-bond donors (Lipinski definition) is 2. The number of rotatable bonds is 5. The minimum absolute atomic E-state index is 0.109. The Labute approximate surface area is 99.5 Å². The number of carboxylic acid groups (broad SMARTS) is 1. The summed E-state index contributed by atoms with van der Waals surface area (Å²) in [6, 6.07) is 0. The van der Waals surface area contributed by atoms with Crippen molar-refractivity contribution in [2.75, 3.05) is 13.2 Å². The first kappa shape index (κ1) is 13.0. The van der Waals surface area contributed by atoms with E-state index in [0.717, 1.165) is 29.6 Å². The molecule has 0 radical (unpaired) electrons. The van der Waals surface area contributed by atoms with Gasteiger partial charge in [0.1, 0.15) is 13.2 Å². The van der Waals surface area contributed by atoms with Gasteiger partial charge in [0.15, 0.2) is 0 Å². The van der Waals surface area contributed by atoms with Gasteiger partial charge in [-0.1, -0.05) is 30.4 Å². The summed E-state index contributed by atoms with van der Waals surface area (Å²) < 4.78 is 4.87. The highest BCUT2D eigenvalue weighted by Gasteiger charge is 2.17. The zero-order valence-electron chi connectivity index (χ0n) is 9.49. The molecule has 1 aliphatic carbocycles. The van der Waals surface area contributed by atoms with Crippen LogP contribution in [0.2, 0.25) is 0 Å². The summed E-state index contributed by atoms with van der Waals surface area (Å²) in [6.07, 6.45) is 2.54. The first-order chi connectivity index (χ1) is 8.02. The normalized spacial score (nSPS) is 13.6. The highest BCUT2D eigenvalue weighted by atomic mass is 16.5. The fourth-order valence-electron chi connectivity index (χ4n) is 1.43. The van der Waals surface area contributed by atoms with Crippen LogP contribution in [0.15, 0.2) is 36.0 Å². The highest BCUT2D eigenvalue weighted by Crippen LogP contribution is 2.33. The van der Waals surface area contributed by atoms with E-state index in [1.807, 2.05) is 0 Å². The van der Waals surface area contributed by atoms with E-state index in [0.29, 0.717) is 0 Å². The van der Waals surface area contributed by atoms with E-state index < -0.39 is 18.6 Å². The first-order valence-electron chi connectivity index (χ1n) is 5.15. The summed E-state index contributed by atoms with van der Waals surface area (Å²) in [5.74, 6) is -1.11. The molecule has 0 heterocycles. The van der Waals surface area contributed by atoms with Gasteiger partial charge in [0, 0.05) is 0 Å². The van der Waals surface area contributed by atoms with Gasteiger partial charge in [0.25, 0.3) is 0 Å². The number of carbonyl (C=O) groups is 2. The summed E-state index contributed by atoms with van der Waals surface area (Å²) in [4.78, 5) is 21.3. The van der Waals surface area contributed by atoms with E-state index in [1.54, 1.807) is 6.08 Å². The average molecular weight is 237 g/mol. The zero-order valence-corrected chi connectivity index (χ0v) is 9.49. The minimum atomic E-state index is -1.11. The molecule has 17 heavy (non-hydrogen) atoms. The third kappa shape index (κ3) is 4.14. The monoisotopic (exact) mass is 237 g/mol. The average Bonchev–Trinajstić information content (AvgIpc) is 2.24. The van der Waals surface area contributed by atoms with Gasteiger partial charge in [0.2, 0.25) is 0 Å². The molecule has 0 aromatic heterocycles. The van der Waals surface area contributed by atoms with Crippen LogP contribution in [-0.4, -0.2) is 30.3 Å². The van der Waals surface area contributed by atoms with Crippen LogP contribution < -0.4 is 5.32 Å². The van der Waals surface area contributed by atoms with Gasteiger partial charge < -0.3 is 15.2 Å². The summed E-state index contributed by atoms with van der Waals surface area (Å²) >= 11 is 0. The molecule has 5 nitrogen and oxygen atoms in total. The second kappa shape index (κ2) is 5.89. The number of carbonyl (C=O) groups excluding carboxylic acids is 1. The van der Waals surface area contributed by atoms with Crippen molar-refractivity contribution in [3.8, 4) is 0 Å². The first-order valence-corrected chi connectivity index (χ1v) is 5.15. The number of amides is 1. The fourth-order valence-corrected chi connectivity index (χ4v) is 1.43. The molecule has 5 heteroatoms. The number of hydrogen-bond acceptors (Lipinski definition) is 3. The van der Waals surface area contributed by atoms with Crippen LogP contribution in [0.25, 0.3) is 0 Å². The number of ether oxygens (including phenoxy) is 1. The van der Waals surface area contributed by atoms with Crippen LogP contribution >= 0.6 is 0 Å². The Balaban J connectivity index is 2.36. The number of alkyl carbamates (subject to hydrolysis) is 1. The van der Waals surface area contributed by atoms with Gasteiger partial charge >= 0.3 is 12.1 Å². The lowest BCUT2D eigenvalue weighted by atomic mass is 9.84. The third-order valence-corrected chi connectivity index (χ3v) is 2.37. The number of aliphatic carboxylic acids is 1. The SMILES string of the molecule is C=CC(COC(=O)NCC(=O)O)=C1CC(=C)C1. The fraction of sp³-hybridized carbons (Fsp3) is 0.333. The molecule has 0 bridgehead atoms. The van der Waals surface area contributed by atoms with Crippen LogP contribution in [-0.2, 0) is 9.53 Å². The van der Waals surface area contributed by atoms with Gasteiger partial charge in [0.05, 0.1) is 0 Å². The number of nitrogens with one attached hydrogen (secondary N) is 1. The van der Waals surface area contributed by atoms with Crippen LogP contribution in [0.3, 0.4) is 0 Å². The van der Waals surface area contributed by atoms with Crippen LogP contribution in [0.4, 0.5) is 4.79 Å². The Kier molecular flexibility index (Phi) is 4.51. The van der Waals surface area contributed by atoms with Crippen LogP contribution in [0, 0.1) is 0 Å². The van der Waals surface area contributed by atoms with Gasteiger partial charge in [-0.15, -0.1) is 0 Å². The third-order valence-electron chi connectivity index (χ3n) is 2.37. The Hall–Kier alpha value is -2.04. The van der Waals surface area contributed by atoms with Gasteiger partial charge in [-0.05, 0) is 18.4 Å². The standard InChI is InChI=1S/C12H15NO4/c1-3-9(10-4-8(2)5-10)7-17-12(16)13-6-11(14)15/h3H,1-2,4-7H2,(H,13,16)(H,14,15). The molecule has 1 saturated carbocycles. The topological polar surface area (TPSA) is 75.6 Å². The molecule has 0 atom stereocenters. The molecular weight excluding hydrogens is 222 g/mol.